The van der Waals surface area contributed by atoms with Gasteiger partial charge in [0.1, 0.15) is 0 Å². The summed E-state index contributed by atoms with van der Waals surface area (Å²) >= 11 is 0. The summed E-state index contributed by atoms with van der Waals surface area (Å²) in [5.74, 6) is -0.810. The van der Waals surface area contributed by atoms with Gasteiger partial charge < -0.3 is 10.4 Å². The van der Waals surface area contributed by atoms with Gasteiger partial charge in [-0.05, 0) is 43.9 Å². The molecule has 5 nitrogen and oxygen atoms in total. The lowest BCUT2D eigenvalue weighted by molar-refractivity contribution is -0.142. The molecule has 2 aromatic rings. The highest BCUT2D eigenvalue weighted by molar-refractivity contribution is 5.70. The van der Waals surface area contributed by atoms with Crippen LogP contribution >= 0.6 is 0 Å². The Kier molecular flexibility index (Phi) is 4.53. The molecule has 0 aliphatic heterocycles. The number of hydrogen-bond acceptors (Lipinski definition) is 3. The quantitative estimate of drug-likeness (QED) is 0.890. The summed E-state index contributed by atoms with van der Waals surface area (Å²) in [6.07, 6.45) is 5.36. The Morgan fingerprint density at radius 2 is 1.91 bits per heavy atom. The van der Waals surface area contributed by atoms with Gasteiger partial charge in [0.25, 0.3) is 0 Å². The van der Waals surface area contributed by atoms with E-state index in [1.807, 2.05) is 47.3 Å². The Balaban J connectivity index is 1.51. The minimum atomic E-state index is -0.653. The molecular formula is C17H21N3O2. The number of rotatable bonds is 5. The number of benzene rings is 1. The molecule has 2 N–H and O–H groups in total. The van der Waals surface area contributed by atoms with Crippen molar-refractivity contribution in [3.63, 3.8) is 0 Å². The molecule has 1 heterocycles. The average molecular weight is 299 g/mol. The summed E-state index contributed by atoms with van der Waals surface area (Å²) in [6, 6.07) is 12.4. The lowest BCUT2D eigenvalue weighted by Gasteiger charge is -2.26. The van der Waals surface area contributed by atoms with E-state index in [2.05, 4.69) is 10.4 Å². The van der Waals surface area contributed by atoms with Crippen LogP contribution in [0.2, 0.25) is 0 Å². The van der Waals surface area contributed by atoms with Crippen molar-refractivity contribution >= 4 is 5.97 Å². The zero-order valence-corrected chi connectivity index (χ0v) is 12.5. The van der Waals surface area contributed by atoms with Crippen LogP contribution in [-0.4, -0.2) is 26.9 Å². The standard InChI is InChI=1S/C17H21N3O2/c21-17(22)13-6-8-14(9-7-13)18-12-15-10-11-20(19-15)16-4-2-1-3-5-16/h1-5,10-11,13-14,18H,6-9,12H2,(H,21,22). The van der Waals surface area contributed by atoms with Crippen LogP contribution in [0.15, 0.2) is 42.6 Å². The predicted molar refractivity (Wildman–Crippen MR) is 83.8 cm³/mol. The van der Waals surface area contributed by atoms with Gasteiger partial charge in [0.05, 0.1) is 17.3 Å². The summed E-state index contributed by atoms with van der Waals surface area (Å²) in [5, 5.41) is 17.1. The average Bonchev–Trinajstić information content (AvgIpc) is 3.03. The fourth-order valence-electron chi connectivity index (χ4n) is 2.97. The maximum Gasteiger partial charge on any atom is 0.306 e. The minimum Gasteiger partial charge on any atom is -0.481 e. The van der Waals surface area contributed by atoms with Gasteiger partial charge in [-0.15, -0.1) is 0 Å². The fourth-order valence-corrected chi connectivity index (χ4v) is 2.97. The first-order chi connectivity index (χ1) is 10.7. The molecule has 1 saturated carbocycles. The number of aliphatic carboxylic acids is 1. The van der Waals surface area contributed by atoms with Crippen LogP contribution in [0.1, 0.15) is 31.4 Å². The van der Waals surface area contributed by atoms with E-state index in [1.54, 1.807) is 0 Å². The van der Waals surface area contributed by atoms with Crippen molar-refractivity contribution in [2.75, 3.05) is 0 Å². The number of nitrogens with one attached hydrogen (secondary N) is 1. The molecule has 1 aliphatic rings. The van der Waals surface area contributed by atoms with Gasteiger partial charge in [0.2, 0.25) is 0 Å². The molecule has 1 aliphatic carbocycles. The van der Waals surface area contributed by atoms with Gasteiger partial charge in [0, 0.05) is 18.8 Å². The van der Waals surface area contributed by atoms with E-state index in [4.69, 9.17) is 5.11 Å². The molecule has 0 bridgehead atoms. The van der Waals surface area contributed by atoms with Crippen LogP contribution in [0.4, 0.5) is 0 Å². The zero-order chi connectivity index (χ0) is 15.4. The summed E-state index contributed by atoms with van der Waals surface area (Å²) < 4.78 is 1.87. The molecule has 3 rings (SSSR count). The van der Waals surface area contributed by atoms with Crippen molar-refractivity contribution in [3.8, 4) is 5.69 Å². The monoisotopic (exact) mass is 299 g/mol. The number of carboxylic acid groups (broad SMARTS) is 1. The lowest BCUT2D eigenvalue weighted by atomic mass is 9.86. The smallest absolute Gasteiger partial charge is 0.306 e. The van der Waals surface area contributed by atoms with Gasteiger partial charge in [-0.1, -0.05) is 18.2 Å². The van der Waals surface area contributed by atoms with Crippen LogP contribution in [0.3, 0.4) is 0 Å². The van der Waals surface area contributed by atoms with E-state index in [0.717, 1.165) is 43.6 Å². The van der Waals surface area contributed by atoms with Crippen molar-refractivity contribution in [1.29, 1.82) is 0 Å². The third-order valence-corrected chi connectivity index (χ3v) is 4.31. The normalized spacial score (nSPS) is 21.6. The largest absolute Gasteiger partial charge is 0.481 e. The van der Waals surface area contributed by atoms with Crippen molar-refractivity contribution in [2.45, 2.75) is 38.3 Å². The van der Waals surface area contributed by atoms with Gasteiger partial charge in [-0.2, -0.15) is 5.10 Å². The van der Waals surface area contributed by atoms with E-state index in [-0.39, 0.29) is 5.92 Å². The molecule has 1 aromatic heterocycles. The second kappa shape index (κ2) is 6.75. The first-order valence-corrected chi connectivity index (χ1v) is 7.78. The maximum atomic E-state index is 10.9. The van der Waals surface area contributed by atoms with E-state index in [9.17, 15) is 4.79 Å². The van der Waals surface area contributed by atoms with E-state index in [1.165, 1.54) is 0 Å². The van der Waals surface area contributed by atoms with E-state index in [0.29, 0.717) is 6.04 Å². The molecule has 0 unspecified atom stereocenters. The first kappa shape index (κ1) is 14.8. The Morgan fingerprint density at radius 1 is 1.18 bits per heavy atom. The van der Waals surface area contributed by atoms with Crippen molar-refractivity contribution < 1.29 is 9.90 Å². The second-order valence-electron chi connectivity index (χ2n) is 5.85. The van der Waals surface area contributed by atoms with Crippen LogP contribution in [0.25, 0.3) is 5.69 Å². The van der Waals surface area contributed by atoms with Crippen LogP contribution in [0.5, 0.6) is 0 Å². The SMILES string of the molecule is O=C(O)C1CCC(NCc2ccn(-c3ccccc3)n2)CC1. The summed E-state index contributed by atoms with van der Waals surface area (Å²) in [6.45, 7) is 0.724. The molecule has 5 heteroatoms. The molecule has 0 saturated heterocycles. The number of hydrogen-bond donors (Lipinski definition) is 2. The minimum absolute atomic E-state index is 0.157. The third-order valence-electron chi connectivity index (χ3n) is 4.31. The maximum absolute atomic E-state index is 10.9. The van der Waals surface area contributed by atoms with Crippen molar-refractivity contribution in [1.82, 2.24) is 15.1 Å². The zero-order valence-electron chi connectivity index (χ0n) is 12.5. The number of carbonyl (C=O) groups is 1. The van der Waals surface area contributed by atoms with Crippen molar-refractivity contribution in [3.05, 3.63) is 48.3 Å². The molecule has 116 valence electrons. The van der Waals surface area contributed by atoms with Crippen LogP contribution < -0.4 is 5.32 Å². The Morgan fingerprint density at radius 3 is 2.59 bits per heavy atom. The highest BCUT2D eigenvalue weighted by Gasteiger charge is 2.25. The van der Waals surface area contributed by atoms with Crippen LogP contribution in [-0.2, 0) is 11.3 Å². The van der Waals surface area contributed by atoms with E-state index >= 15 is 0 Å². The summed E-state index contributed by atoms with van der Waals surface area (Å²) in [5.41, 5.74) is 2.06. The summed E-state index contributed by atoms with van der Waals surface area (Å²) in [7, 11) is 0. The Labute approximate surface area is 130 Å². The predicted octanol–water partition coefficient (Wildman–Crippen LogP) is 2.61. The van der Waals surface area contributed by atoms with Gasteiger partial charge in [0.15, 0.2) is 0 Å². The number of carboxylic acids is 1. The number of nitrogens with zero attached hydrogens (tertiary/aromatic N) is 2. The number of para-hydroxylation sites is 1. The highest BCUT2D eigenvalue weighted by atomic mass is 16.4. The van der Waals surface area contributed by atoms with Gasteiger partial charge in [-0.25, -0.2) is 4.68 Å². The second-order valence-corrected chi connectivity index (χ2v) is 5.85. The van der Waals surface area contributed by atoms with Gasteiger partial charge >= 0.3 is 5.97 Å². The Hall–Kier alpha value is -2.14. The molecule has 1 fully saturated rings. The molecule has 1 aromatic carbocycles. The summed E-state index contributed by atoms with van der Waals surface area (Å²) in [4.78, 5) is 10.9. The topological polar surface area (TPSA) is 67.2 Å². The first-order valence-electron chi connectivity index (χ1n) is 7.78. The van der Waals surface area contributed by atoms with E-state index < -0.39 is 5.97 Å². The number of aromatic nitrogens is 2. The molecule has 0 atom stereocenters. The Bertz CT molecular complexity index is 616. The van der Waals surface area contributed by atoms with Crippen LogP contribution in [0, 0.1) is 5.92 Å². The molecule has 0 spiro atoms. The highest BCUT2D eigenvalue weighted by Crippen LogP contribution is 2.24. The molecular weight excluding hydrogens is 278 g/mol. The molecule has 0 amide bonds. The fraction of sp³-hybridized carbons (Fsp3) is 0.412. The van der Waals surface area contributed by atoms with Gasteiger partial charge in [-0.3, -0.25) is 4.79 Å². The lowest BCUT2D eigenvalue weighted by Crippen LogP contribution is -2.34. The third kappa shape index (κ3) is 3.54. The molecule has 0 radical (unpaired) electrons. The molecule has 22 heavy (non-hydrogen) atoms. The van der Waals surface area contributed by atoms with Crippen molar-refractivity contribution in [2.24, 2.45) is 5.92 Å².